The van der Waals surface area contributed by atoms with E-state index in [9.17, 15) is 48.6 Å². The maximum Gasteiger partial charge on any atom is 0.326 e. The zero-order valence-corrected chi connectivity index (χ0v) is 41.2. The number of H-pyrrole nitrogens is 1. The molecule has 0 radical (unpaired) electrons. The summed E-state index contributed by atoms with van der Waals surface area (Å²) < 4.78 is 0. The van der Waals surface area contributed by atoms with Crippen molar-refractivity contribution in [2.75, 3.05) is 0 Å². The standard InChI is InChI=1S/C55H65N7O10/c1-6-31(3)47(52(68)60-44(55(71)72)28-37-30-56-41-24-16-15-21-38(37)41)62-53(69)48(32(4)7-2)61-51(67)43(29-45(64)65)58-50(66)42(27-34-17-9-8-10-18-34)59-54(70)49(57-33(5)63)46-39-22-13-11-19-35(39)25-26-36-20-12-14-23-40(36)46/h8-24,30-32,42-44,46-49,56H,6-7,25-29H2,1-5H3,(H,57,63)(H,58,66)(H,59,70)(H,60,68)(H,61,67)(H,62,69)(H,64,65)(H,71,72)/t31-,32-,42-,43-,44-,47-,48-,49+/m0/s1. The van der Waals surface area contributed by atoms with Crippen molar-refractivity contribution in [2.45, 2.75) is 122 Å². The molecule has 0 unspecified atom stereocenters. The molecule has 6 amide bonds. The Morgan fingerprint density at radius 1 is 0.569 bits per heavy atom. The molecule has 380 valence electrons. The lowest BCUT2D eigenvalue weighted by Crippen LogP contribution is -2.62. The van der Waals surface area contributed by atoms with E-state index in [1.165, 1.54) is 6.92 Å². The van der Waals surface area contributed by atoms with Crippen LogP contribution >= 0.6 is 0 Å². The van der Waals surface area contributed by atoms with Gasteiger partial charge in [-0.3, -0.25) is 33.6 Å². The molecule has 0 spiro atoms. The first-order chi connectivity index (χ1) is 34.5. The van der Waals surface area contributed by atoms with E-state index in [1.54, 1.807) is 64.2 Å². The molecular weight excluding hydrogens is 919 g/mol. The summed E-state index contributed by atoms with van der Waals surface area (Å²) in [7, 11) is 0. The number of aliphatic carboxylic acids is 2. The van der Waals surface area contributed by atoms with Crippen molar-refractivity contribution in [3.05, 3.63) is 143 Å². The number of aromatic amines is 1. The lowest BCUT2D eigenvalue weighted by atomic mass is 9.82. The summed E-state index contributed by atoms with van der Waals surface area (Å²) in [6, 6.07) is 23.1. The van der Waals surface area contributed by atoms with Crippen LogP contribution in [0.2, 0.25) is 0 Å². The van der Waals surface area contributed by atoms with Gasteiger partial charge in [-0.05, 0) is 64.1 Å². The van der Waals surface area contributed by atoms with E-state index in [0.29, 0.717) is 36.8 Å². The van der Waals surface area contributed by atoms with Gasteiger partial charge in [-0.15, -0.1) is 0 Å². The van der Waals surface area contributed by atoms with Gasteiger partial charge in [0, 0.05) is 42.8 Å². The van der Waals surface area contributed by atoms with Gasteiger partial charge in [-0.1, -0.05) is 138 Å². The molecule has 0 saturated heterocycles. The summed E-state index contributed by atoms with van der Waals surface area (Å²) >= 11 is 0. The second-order valence-corrected chi connectivity index (χ2v) is 18.7. The van der Waals surface area contributed by atoms with Crippen LogP contribution in [0.3, 0.4) is 0 Å². The Balaban J connectivity index is 1.23. The van der Waals surface area contributed by atoms with Crippen LogP contribution in [0.1, 0.15) is 93.2 Å². The Hall–Kier alpha value is -7.82. The number of aromatic nitrogens is 1. The predicted octanol–water partition coefficient (Wildman–Crippen LogP) is 4.46. The fraction of sp³-hybridized carbons (Fsp3) is 0.382. The van der Waals surface area contributed by atoms with E-state index in [1.807, 2.05) is 72.8 Å². The molecule has 1 aliphatic carbocycles. The maximum absolute atomic E-state index is 14.8. The zero-order valence-electron chi connectivity index (χ0n) is 41.2. The number of carbonyl (C=O) groups excluding carboxylic acids is 6. The molecule has 17 heteroatoms. The van der Waals surface area contributed by atoms with E-state index >= 15 is 0 Å². The highest BCUT2D eigenvalue weighted by molar-refractivity contribution is 5.98. The van der Waals surface area contributed by atoms with Gasteiger partial charge >= 0.3 is 11.9 Å². The van der Waals surface area contributed by atoms with Gasteiger partial charge in [0.2, 0.25) is 35.4 Å². The Bertz CT molecular complexity index is 2710. The Morgan fingerprint density at radius 2 is 1.07 bits per heavy atom. The lowest BCUT2D eigenvalue weighted by molar-refractivity contribution is -0.142. The lowest BCUT2D eigenvalue weighted by Gasteiger charge is -2.31. The van der Waals surface area contributed by atoms with Crippen molar-refractivity contribution in [1.82, 2.24) is 36.9 Å². The van der Waals surface area contributed by atoms with Crippen molar-refractivity contribution < 1.29 is 48.6 Å². The molecule has 72 heavy (non-hydrogen) atoms. The summed E-state index contributed by atoms with van der Waals surface area (Å²) in [6.07, 6.45) is 2.76. The minimum absolute atomic E-state index is 0.0517. The minimum atomic E-state index is -1.76. The van der Waals surface area contributed by atoms with Gasteiger partial charge in [-0.25, -0.2) is 4.79 Å². The molecule has 5 aromatic rings. The number of benzene rings is 4. The maximum atomic E-state index is 14.8. The smallest absolute Gasteiger partial charge is 0.326 e. The van der Waals surface area contributed by atoms with Crippen molar-refractivity contribution in [1.29, 1.82) is 0 Å². The molecule has 1 heterocycles. The van der Waals surface area contributed by atoms with Crippen LogP contribution in [-0.2, 0) is 64.0 Å². The van der Waals surface area contributed by atoms with Crippen LogP contribution in [0, 0.1) is 11.8 Å². The molecule has 17 nitrogen and oxygen atoms in total. The Labute approximate surface area is 418 Å². The molecule has 6 rings (SSSR count). The molecule has 0 fully saturated rings. The van der Waals surface area contributed by atoms with Gasteiger partial charge in [0.05, 0.1) is 6.42 Å². The van der Waals surface area contributed by atoms with Crippen LogP contribution in [0.4, 0.5) is 0 Å². The van der Waals surface area contributed by atoms with Crippen LogP contribution in [0.5, 0.6) is 0 Å². The van der Waals surface area contributed by atoms with Crippen LogP contribution in [0.15, 0.2) is 109 Å². The molecule has 4 aromatic carbocycles. The topological polar surface area (TPSA) is 265 Å². The quantitative estimate of drug-likeness (QED) is 0.0444. The highest BCUT2D eigenvalue weighted by Gasteiger charge is 2.39. The summed E-state index contributed by atoms with van der Waals surface area (Å²) in [5.74, 6) is -9.13. The van der Waals surface area contributed by atoms with Gasteiger partial charge in [-0.2, -0.15) is 0 Å². The average Bonchev–Trinajstić information content (AvgIpc) is 3.69. The second-order valence-electron chi connectivity index (χ2n) is 18.7. The molecule has 0 aliphatic heterocycles. The molecule has 0 saturated carbocycles. The summed E-state index contributed by atoms with van der Waals surface area (Å²) in [4.78, 5) is 113. The van der Waals surface area contributed by atoms with E-state index in [0.717, 1.165) is 33.2 Å². The number of amides is 6. The van der Waals surface area contributed by atoms with Crippen molar-refractivity contribution in [2.24, 2.45) is 11.8 Å². The molecule has 1 aromatic heterocycles. The Kier molecular flexibility index (Phi) is 18.5. The summed E-state index contributed by atoms with van der Waals surface area (Å²) in [5.41, 5.74) is 5.75. The van der Waals surface area contributed by atoms with E-state index in [4.69, 9.17) is 0 Å². The first-order valence-corrected chi connectivity index (χ1v) is 24.5. The number of hydrogen-bond donors (Lipinski definition) is 9. The fourth-order valence-electron chi connectivity index (χ4n) is 9.31. The van der Waals surface area contributed by atoms with Crippen molar-refractivity contribution in [3.8, 4) is 0 Å². The van der Waals surface area contributed by atoms with Gasteiger partial charge < -0.3 is 47.1 Å². The third-order valence-electron chi connectivity index (χ3n) is 13.6. The number of hydrogen-bond acceptors (Lipinski definition) is 8. The highest BCUT2D eigenvalue weighted by atomic mass is 16.4. The third-order valence-corrected chi connectivity index (χ3v) is 13.6. The first kappa shape index (κ1) is 53.5. The second kappa shape index (κ2) is 24.8. The van der Waals surface area contributed by atoms with Crippen molar-refractivity contribution in [3.63, 3.8) is 0 Å². The number of rotatable bonds is 23. The predicted molar refractivity (Wildman–Crippen MR) is 270 cm³/mol. The molecule has 0 bridgehead atoms. The average molecular weight is 984 g/mol. The van der Waals surface area contributed by atoms with Crippen LogP contribution in [0.25, 0.3) is 10.9 Å². The number of carbonyl (C=O) groups is 8. The number of aryl methyl sites for hydroxylation is 2. The monoisotopic (exact) mass is 983 g/mol. The van der Waals surface area contributed by atoms with Gasteiger partial charge in [0.25, 0.3) is 0 Å². The van der Waals surface area contributed by atoms with Gasteiger partial charge in [0.1, 0.15) is 36.3 Å². The Morgan fingerprint density at radius 3 is 1.64 bits per heavy atom. The molecule has 8 atom stereocenters. The van der Waals surface area contributed by atoms with Crippen molar-refractivity contribution >= 4 is 58.3 Å². The number of carboxylic acid groups (broad SMARTS) is 2. The van der Waals surface area contributed by atoms with E-state index < -0.39 is 108 Å². The summed E-state index contributed by atoms with van der Waals surface area (Å²) in [6.45, 7) is 8.26. The molecular formula is C55H65N7O10. The zero-order chi connectivity index (χ0) is 52.1. The number of carboxylic acids is 2. The normalized spacial score (nSPS) is 15.5. The fourth-order valence-corrected chi connectivity index (χ4v) is 9.31. The van der Waals surface area contributed by atoms with Crippen LogP contribution in [-0.4, -0.2) is 98.8 Å². The van der Waals surface area contributed by atoms with E-state index in [2.05, 4.69) is 36.9 Å². The number of para-hydroxylation sites is 1. The summed E-state index contributed by atoms with van der Waals surface area (Å²) in [5, 5.41) is 37.2. The minimum Gasteiger partial charge on any atom is -0.481 e. The first-order valence-electron chi connectivity index (χ1n) is 24.5. The SMILES string of the molecule is CC[C@H](C)[C@H](NC(=O)[C@H](CC(=O)O)NC(=O)[C@H](Cc1ccccc1)NC(=O)[C@H](NC(C)=O)C1c2ccccc2CCc2ccccc21)C(=O)N[C@H](C(=O)N[C@@H](Cc1c[nH]c2ccccc12)C(=O)O)[C@@H](C)CC. The highest BCUT2D eigenvalue weighted by Crippen LogP contribution is 2.37. The van der Waals surface area contributed by atoms with E-state index in [-0.39, 0.29) is 12.8 Å². The molecule has 9 N–H and O–H groups in total. The molecule has 1 aliphatic rings. The van der Waals surface area contributed by atoms with Crippen LogP contribution < -0.4 is 31.9 Å². The largest absolute Gasteiger partial charge is 0.481 e. The third kappa shape index (κ3) is 13.5. The number of fused-ring (bicyclic) bond motifs is 3. The van der Waals surface area contributed by atoms with Gasteiger partial charge in [0.15, 0.2) is 0 Å². The number of nitrogens with one attached hydrogen (secondary N) is 7.